The van der Waals surface area contributed by atoms with Gasteiger partial charge >= 0.3 is 0 Å². The lowest BCUT2D eigenvalue weighted by Crippen LogP contribution is -2.47. The summed E-state index contributed by atoms with van der Waals surface area (Å²) in [6.45, 7) is 4.21. The first-order valence-corrected chi connectivity index (χ1v) is 14.2. The van der Waals surface area contributed by atoms with E-state index >= 15 is 0 Å². The van der Waals surface area contributed by atoms with E-state index in [4.69, 9.17) is 0 Å². The molecule has 0 spiro atoms. The Labute approximate surface area is 200 Å². The molecule has 0 aromatic heterocycles. The van der Waals surface area contributed by atoms with Crippen LogP contribution in [0.4, 0.5) is 0 Å². The number of rotatable bonds is 4. The predicted molar refractivity (Wildman–Crippen MR) is 128 cm³/mol. The van der Waals surface area contributed by atoms with Gasteiger partial charge in [0.05, 0.1) is 9.79 Å². The zero-order valence-corrected chi connectivity index (χ0v) is 20.9. The van der Waals surface area contributed by atoms with Gasteiger partial charge in [-0.1, -0.05) is 12.1 Å². The fourth-order valence-electron chi connectivity index (χ4n) is 4.71. The van der Waals surface area contributed by atoms with Crippen LogP contribution in [0.15, 0.2) is 46.2 Å². The molecule has 0 amide bonds. The average Bonchev–Trinajstić information content (AvgIpc) is 3.11. The molecule has 11 heteroatoms. The normalized spacial score (nSPS) is 20.9. The lowest BCUT2D eigenvalue weighted by atomic mass is 10.1. The van der Waals surface area contributed by atoms with Crippen LogP contribution in [-0.4, -0.2) is 107 Å². The molecule has 0 unspecified atom stereocenters. The first kappa shape index (κ1) is 23.6. The van der Waals surface area contributed by atoms with E-state index in [-0.39, 0.29) is 15.6 Å². The number of piperazine rings is 2. The SMILES string of the molecule is CN1CCN(S(=O)(=O)c2ccc3c(c2)C(=O)c2cc(S(=O)(=O)N4CCN(C)CC4)ccc2-3)CC1. The van der Waals surface area contributed by atoms with E-state index in [0.29, 0.717) is 74.6 Å². The number of fused-ring (bicyclic) bond motifs is 3. The van der Waals surface area contributed by atoms with Gasteiger partial charge in [0.2, 0.25) is 20.0 Å². The Kier molecular flexibility index (Phi) is 5.90. The van der Waals surface area contributed by atoms with E-state index < -0.39 is 20.0 Å². The highest BCUT2D eigenvalue weighted by atomic mass is 32.2. The second-order valence-corrected chi connectivity index (χ2v) is 13.0. The van der Waals surface area contributed by atoms with E-state index in [1.165, 1.54) is 32.9 Å². The van der Waals surface area contributed by atoms with E-state index in [9.17, 15) is 21.6 Å². The van der Waals surface area contributed by atoms with Crippen molar-refractivity contribution < 1.29 is 21.6 Å². The summed E-state index contributed by atoms with van der Waals surface area (Å²) in [4.78, 5) is 17.6. The van der Waals surface area contributed by atoms with Crippen LogP contribution in [0.5, 0.6) is 0 Å². The van der Waals surface area contributed by atoms with Gasteiger partial charge in [-0.25, -0.2) is 16.8 Å². The minimum Gasteiger partial charge on any atom is -0.304 e. The van der Waals surface area contributed by atoms with E-state index in [1.807, 2.05) is 14.1 Å². The second-order valence-electron chi connectivity index (χ2n) is 9.16. The molecule has 2 aromatic rings. The molecule has 2 fully saturated rings. The predicted octanol–water partition coefficient (Wildman–Crippen LogP) is 0.770. The zero-order valence-electron chi connectivity index (χ0n) is 19.3. The molecule has 2 aliphatic heterocycles. The molecule has 2 saturated heterocycles. The van der Waals surface area contributed by atoms with Gasteiger partial charge in [0, 0.05) is 63.5 Å². The zero-order chi connectivity index (χ0) is 24.3. The van der Waals surface area contributed by atoms with Crippen molar-refractivity contribution in [1.82, 2.24) is 18.4 Å². The van der Waals surface area contributed by atoms with Crippen molar-refractivity contribution in [3.8, 4) is 11.1 Å². The standard InChI is InChI=1S/C23H28N4O5S2/c1-24-7-11-26(12-8-24)33(29,30)17-3-5-19-20-6-4-18(16-22(20)23(28)21(19)15-17)34(31,32)27-13-9-25(2)10-14-27/h3-6,15-16H,7-14H2,1-2H3. The molecule has 34 heavy (non-hydrogen) atoms. The van der Waals surface area contributed by atoms with Gasteiger partial charge in [-0.2, -0.15) is 8.61 Å². The summed E-state index contributed by atoms with van der Waals surface area (Å²) < 4.78 is 55.6. The number of carbonyl (C=O) groups excluding carboxylic acids is 1. The molecule has 0 bridgehead atoms. The molecule has 2 heterocycles. The third kappa shape index (κ3) is 3.90. The maximum atomic E-state index is 13.3. The Morgan fingerprint density at radius 3 is 1.26 bits per heavy atom. The van der Waals surface area contributed by atoms with Crippen LogP contribution in [-0.2, 0) is 20.0 Å². The third-order valence-electron chi connectivity index (χ3n) is 6.96. The Hall–Kier alpha value is -2.15. The van der Waals surface area contributed by atoms with Crippen molar-refractivity contribution >= 4 is 25.8 Å². The van der Waals surface area contributed by atoms with Gasteiger partial charge in [0.25, 0.3) is 0 Å². The molecule has 9 nitrogen and oxygen atoms in total. The topological polar surface area (TPSA) is 98.3 Å². The van der Waals surface area contributed by atoms with Gasteiger partial charge in [-0.05, 0) is 49.5 Å². The lowest BCUT2D eigenvalue weighted by molar-refractivity contribution is 0.104. The summed E-state index contributed by atoms with van der Waals surface area (Å²) in [6, 6.07) is 9.22. The van der Waals surface area contributed by atoms with Gasteiger partial charge in [0.15, 0.2) is 5.78 Å². The highest BCUT2D eigenvalue weighted by Crippen LogP contribution is 2.39. The highest BCUT2D eigenvalue weighted by molar-refractivity contribution is 7.89. The van der Waals surface area contributed by atoms with Gasteiger partial charge in [-0.15, -0.1) is 0 Å². The van der Waals surface area contributed by atoms with Crippen LogP contribution in [0, 0.1) is 0 Å². The number of carbonyl (C=O) groups is 1. The first-order valence-electron chi connectivity index (χ1n) is 11.3. The largest absolute Gasteiger partial charge is 0.304 e. The molecule has 1 aliphatic carbocycles. The van der Waals surface area contributed by atoms with Crippen LogP contribution >= 0.6 is 0 Å². The van der Waals surface area contributed by atoms with Crippen LogP contribution in [0.3, 0.4) is 0 Å². The fourth-order valence-corrected chi connectivity index (χ4v) is 7.61. The number of likely N-dealkylation sites (N-methyl/N-ethyl adjacent to an activating group) is 2. The maximum Gasteiger partial charge on any atom is 0.243 e. The Morgan fingerprint density at radius 1 is 0.559 bits per heavy atom. The quantitative estimate of drug-likeness (QED) is 0.518. The summed E-state index contributed by atoms with van der Waals surface area (Å²) in [5.74, 6) is -0.351. The Balaban J connectivity index is 1.46. The lowest BCUT2D eigenvalue weighted by Gasteiger charge is -2.31. The molecule has 0 radical (unpaired) electrons. The Bertz CT molecular complexity index is 1250. The number of nitrogens with zero attached hydrogens (tertiary/aromatic N) is 4. The van der Waals surface area contributed by atoms with E-state index in [2.05, 4.69) is 9.80 Å². The molecular formula is C23H28N4O5S2. The third-order valence-corrected chi connectivity index (χ3v) is 10.8. The molecular weight excluding hydrogens is 476 g/mol. The summed E-state index contributed by atoms with van der Waals surface area (Å²) in [6.07, 6.45) is 0. The van der Waals surface area contributed by atoms with Gasteiger partial charge in [-0.3, -0.25) is 4.79 Å². The average molecular weight is 505 g/mol. The molecule has 182 valence electrons. The molecule has 5 rings (SSSR count). The van der Waals surface area contributed by atoms with Crippen molar-refractivity contribution in [2.24, 2.45) is 0 Å². The highest BCUT2D eigenvalue weighted by Gasteiger charge is 2.34. The van der Waals surface area contributed by atoms with Crippen molar-refractivity contribution in [1.29, 1.82) is 0 Å². The number of hydrogen-bond donors (Lipinski definition) is 0. The van der Waals surface area contributed by atoms with Crippen LogP contribution in [0.1, 0.15) is 15.9 Å². The minimum atomic E-state index is -3.72. The Morgan fingerprint density at radius 2 is 0.912 bits per heavy atom. The van der Waals surface area contributed by atoms with Crippen LogP contribution < -0.4 is 0 Å². The second kappa shape index (κ2) is 8.51. The van der Waals surface area contributed by atoms with Crippen LogP contribution in [0.2, 0.25) is 0 Å². The minimum absolute atomic E-state index is 0.0854. The molecule has 0 N–H and O–H groups in total. The molecule has 3 aliphatic rings. The summed E-state index contributed by atoms with van der Waals surface area (Å²) in [7, 11) is -3.54. The van der Waals surface area contributed by atoms with Crippen molar-refractivity contribution in [2.75, 3.05) is 66.5 Å². The summed E-state index contributed by atoms with van der Waals surface area (Å²) in [5, 5.41) is 0. The molecule has 0 saturated carbocycles. The number of sulfonamides is 2. The molecule has 2 aromatic carbocycles. The van der Waals surface area contributed by atoms with Gasteiger partial charge in [0.1, 0.15) is 0 Å². The van der Waals surface area contributed by atoms with Crippen molar-refractivity contribution in [2.45, 2.75) is 9.79 Å². The first-order chi connectivity index (χ1) is 16.1. The smallest absolute Gasteiger partial charge is 0.243 e. The fraction of sp³-hybridized carbons (Fsp3) is 0.435. The maximum absolute atomic E-state index is 13.3. The number of ketones is 1. The summed E-state index contributed by atoms with van der Waals surface area (Å²) >= 11 is 0. The summed E-state index contributed by atoms with van der Waals surface area (Å²) in [5.41, 5.74) is 1.83. The van der Waals surface area contributed by atoms with E-state index in [1.54, 1.807) is 12.1 Å². The van der Waals surface area contributed by atoms with Crippen molar-refractivity contribution in [3.05, 3.63) is 47.5 Å². The number of hydrogen-bond acceptors (Lipinski definition) is 7. The van der Waals surface area contributed by atoms with E-state index in [0.717, 1.165) is 0 Å². The van der Waals surface area contributed by atoms with Crippen molar-refractivity contribution in [3.63, 3.8) is 0 Å². The van der Waals surface area contributed by atoms with Crippen LogP contribution in [0.25, 0.3) is 11.1 Å². The molecule has 0 atom stereocenters. The monoisotopic (exact) mass is 504 g/mol. The number of benzene rings is 2. The van der Waals surface area contributed by atoms with Gasteiger partial charge < -0.3 is 9.80 Å².